The molecular formula is C29H20F8N2O6S2. The van der Waals surface area contributed by atoms with Crippen LogP contribution in [-0.2, 0) is 36.7 Å². The summed E-state index contributed by atoms with van der Waals surface area (Å²) in [6.07, 6.45) is -13.9. The van der Waals surface area contributed by atoms with Gasteiger partial charge in [-0.25, -0.2) is 30.3 Å². The van der Waals surface area contributed by atoms with E-state index in [0.717, 1.165) is 47.4 Å². The van der Waals surface area contributed by atoms with Gasteiger partial charge in [-0.15, -0.1) is 0 Å². The van der Waals surface area contributed by atoms with Crippen LogP contribution in [0, 0.1) is 5.82 Å². The lowest BCUT2D eigenvalue weighted by Gasteiger charge is -2.43. The van der Waals surface area contributed by atoms with Crippen LogP contribution in [-0.4, -0.2) is 58.5 Å². The van der Waals surface area contributed by atoms with Gasteiger partial charge in [0.05, 0.1) is 16.5 Å². The summed E-state index contributed by atoms with van der Waals surface area (Å²) in [5.41, 5.74) is -8.71. The standard InChI is InChI=1S/C29H20F8N2O6S2/c30-18-4-6-19(7-5-18)46(42,43)26-11-12-39(25(41)16-1-9-22-20(14-16)24(40)38-47(22,44)45)23(26)10-2-15-13-17(3-8-21(15)26)27(31,28(32,33)34)29(35,36)37/h1,3-9,13-14,23H,2,10-12H2,(H,38,40)/t23-,26-/m0/s1. The third-order valence-electron chi connectivity index (χ3n) is 8.92. The van der Waals surface area contributed by atoms with Crippen LogP contribution in [0.4, 0.5) is 35.1 Å². The number of sulfone groups is 1. The summed E-state index contributed by atoms with van der Waals surface area (Å²) in [6.45, 7) is -0.315. The lowest BCUT2D eigenvalue weighted by molar-refractivity contribution is -0.348. The number of likely N-dealkylation sites (tertiary alicyclic amines) is 1. The van der Waals surface area contributed by atoms with E-state index in [1.807, 2.05) is 0 Å². The largest absolute Gasteiger partial charge is 0.435 e. The maximum atomic E-state index is 15.0. The predicted molar refractivity (Wildman–Crippen MR) is 145 cm³/mol. The number of nitrogens with zero attached hydrogens (tertiary/aromatic N) is 1. The molecule has 1 aliphatic carbocycles. The highest BCUT2D eigenvalue weighted by molar-refractivity contribution is 7.92. The molecule has 1 saturated heterocycles. The van der Waals surface area contributed by atoms with Crippen LogP contribution in [0.1, 0.15) is 50.2 Å². The molecule has 0 bridgehead atoms. The van der Waals surface area contributed by atoms with Crippen LogP contribution < -0.4 is 4.72 Å². The van der Waals surface area contributed by atoms with Gasteiger partial charge in [0.15, 0.2) is 9.84 Å². The lowest BCUT2D eigenvalue weighted by atomic mass is 9.76. The van der Waals surface area contributed by atoms with Gasteiger partial charge in [0.25, 0.3) is 21.8 Å². The predicted octanol–water partition coefficient (Wildman–Crippen LogP) is 5.08. The molecule has 0 unspecified atom stereocenters. The maximum absolute atomic E-state index is 15.0. The first kappa shape index (κ1) is 32.9. The monoisotopic (exact) mass is 708 g/mol. The first-order valence-corrected chi connectivity index (χ1v) is 16.6. The Labute approximate surface area is 261 Å². The Morgan fingerprint density at radius 3 is 2.17 bits per heavy atom. The molecule has 47 heavy (non-hydrogen) atoms. The molecule has 2 aliphatic heterocycles. The van der Waals surface area contributed by atoms with Crippen molar-refractivity contribution in [2.24, 2.45) is 0 Å². The number of halogens is 8. The summed E-state index contributed by atoms with van der Waals surface area (Å²) in [5.74, 6) is -2.66. The fourth-order valence-corrected chi connectivity index (χ4v) is 10.3. The van der Waals surface area contributed by atoms with Crippen LogP contribution in [0.3, 0.4) is 0 Å². The van der Waals surface area contributed by atoms with Gasteiger partial charge < -0.3 is 4.90 Å². The third kappa shape index (κ3) is 4.57. The number of rotatable bonds is 4. The first-order chi connectivity index (χ1) is 21.7. The van der Waals surface area contributed by atoms with Crippen molar-refractivity contribution in [2.45, 2.75) is 57.9 Å². The smallest absolute Gasteiger partial charge is 0.334 e. The number of hydrogen-bond donors (Lipinski definition) is 1. The molecule has 18 heteroatoms. The SMILES string of the molecule is O=C1NS(=O)(=O)c2ccc(C(=O)N3CC[C@]4(S(=O)(=O)c5ccc(F)cc5)c5ccc(C(F)(C(F)(F)F)C(F)(F)F)cc5CC[C@H]34)cc21. The quantitative estimate of drug-likeness (QED) is 0.299. The number of fused-ring (bicyclic) bond motifs is 4. The zero-order valence-electron chi connectivity index (χ0n) is 23.4. The van der Waals surface area contributed by atoms with E-state index < -0.39 is 88.1 Å². The molecule has 0 spiro atoms. The summed E-state index contributed by atoms with van der Waals surface area (Å²) in [7, 11) is -8.88. The Morgan fingerprint density at radius 1 is 0.915 bits per heavy atom. The van der Waals surface area contributed by atoms with Gasteiger partial charge in [0, 0.05) is 17.7 Å². The van der Waals surface area contributed by atoms with E-state index in [1.54, 1.807) is 4.72 Å². The van der Waals surface area contributed by atoms with Crippen LogP contribution >= 0.6 is 0 Å². The van der Waals surface area contributed by atoms with Gasteiger partial charge in [-0.2, -0.15) is 26.3 Å². The molecular weight excluding hydrogens is 688 g/mol. The average Bonchev–Trinajstić information content (AvgIpc) is 3.50. The van der Waals surface area contributed by atoms with E-state index in [9.17, 15) is 57.2 Å². The Bertz CT molecular complexity index is 2050. The average molecular weight is 709 g/mol. The number of amides is 2. The number of benzene rings is 3. The van der Waals surface area contributed by atoms with Crippen molar-refractivity contribution >= 4 is 31.7 Å². The number of hydrogen-bond acceptors (Lipinski definition) is 6. The maximum Gasteiger partial charge on any atom is 0.435 e. The number of sulfonamides is 1. The normalized spacial score (nSPS) is 22.3. The fourth-order valence-electron chi connectivity index (χ4n) is 6.77. The summed E-state index contributed by atoms with van der Waals surface area (Å²) in [6, 6.07) is 6.55. The minimum absolute atomic E-state index is 0.204. The minimum Gasteiger partial charge on any atom is -0.334 e. The second kappa shape index (κ2) is 10.2. The van der Waals surface area contributed by atoms with Crippen molar-refractivity contribution in [1.29, 1.82) is 0 Å². The zero-order chi connectivity index (χ0) is 34.5. The van der Waals surface area contributed by atoms with Gasteiger partial charge in [-0.1, -0.05) is 18.2 Å². The lowest BCUT2D eigenvalue weighted by Crippen LogP contribution is -2.53. The van der Waals surface area contributed by atoms with Crippen LogP contribution in [0.2, 0.25) is 0 Å². The van der Waals surface area contributed by atoms with Crippen molar-refractivity contribution in [3.05, 3.63) is 94.3 Å². The van der Waals surface area contributed by atoms with Crippen LogP contribution in [0.15, 0.2) is 70.5 Å². The molecule has 3 aliphatic rings. The van der Waals surface area contributed by atoms with E-state index in [4.69, 9.17) is 0 Å². The molecule has 0 radical (unpaired) electrons. The third-order valence-corrected chi connectivity index (χ3v) is 12.9. The molecule has 1 fully saturated rings. The fraction of sp³-hybridized carbons (Fsp3) is 0.310. The molecule has 6 rings (SSSR count). The highest BCUT2D eigenvalue weighted by atomic mass is 32.2. The minimum atomic E-state index is -6.42. The number of carbonyl (C=O) groups is 2. The molecule has 3 aromatic carbocycles. The number of aryl methyl sites for hydroxylation is 1. The number of carbonyl (C=O) groups excluding carboxylic acids is 2. The van der Waals surface area contributed by atoms with Crippen molar-refractivity contribution in [1.82, 2.24) is 9.62 Å². The summed E-state index contributed by atoms with van der Waals surface area (Å²) >= 11 is 0. The highest BCUT2D eigenvalue weighted by Crippen LogP contribution is 2.57. The van der Waals surface area contributed by atoms with Gasteiger partial charge in [0.2, 0.25) is 0 Å². The Balaban J connectivity index is 1.51. The highest BCUT2D eigenvalue weighted by Gasteiger charge is 2.74. The Hall–Kier alpha value is -4.06. The molecule has 250 valence electrons. The summed E-state index contributed by atoms with van der Waals surface area (Å²) in [5, 5.41) is 0. The molecule has 2 amide bonds. The second-order valence-corrected chi connectivity index (χ2v) is 15.2. The van der Waals surface area contributed by atoms with Gasteiger partial charge in [0.1, 0.15) is 15.5 Å². The van der Waals surface area contributed by atoms with Crippen molar-refractivity contribution in [3.8, 4) is 0 Å². The van der Waals surface area contributed by atoms with Gasteiger partial charge in [-0.3, -0.25) is 9.59 Å². The van der Waals surface area contributed by atoms with Crippen LogP contribution in [0.25, 0.3) is 0 Å². The topological polar surface area (TPSA) is 118 Å². The number of alkyl halides is 7. The summed E-state index contributed by atoms with van der Waals surface area (Å²) in [4.78, 5) is 26.3. The Kier molecular flexibility index (Phi) is 7.15. The van der Waals surface area contributed by atoms with E-state index in [2.05, 4.69) is 0 Å². The van der Waals surface area contributed by atoms with E-state index in [0.29, 0.717) is 12.1 Å². The van der Waals surface area contributed by atoms with Crippen molar-refractivity contribution in [3.63, 3.8) is 0 Å². The van der Waals surface area contributed by atoms with E-state index in [1.165, 1.54) is 0 Å². The first-order valence-electron chi connectivity index (χ1n) is 13.7. The van der Waals surface area contributed by atoms with E-state index in [-0.39, 0.29) is 47.7 Å². The zero-order valence-corrected chi connectivity index (χ0v) is 25.0. The van der Waals surface area contributed by atoms with Crippen LogP contribution in [0.5, 0.6) is 0 Å². The molecule has 0 aromatic heterocycles. The molecule has 8 nitrogen and oxygen atoms in total. The number of nitrogens with one attached hydrogen (secondary N) is 1. The molecule has 1 N–H and O–H groups in total. The summed E-state index contributed by atoms with van der Waals surface area (Å²) < 4.78 is 163. The Morgan fingerprint density at radius 2 is 1.55 bits per heavy atom. The van der Waals surface area contributed by atoms with Crippen molar-refractivity contribution < 1.29 is 61.5 Å². The molecule has 0 saturated carbocycles. The van der Waals surface area contributed by atoms with Gasteiger partial charge >= 0.3 is 18.0 Å². The molecule has 3 aromatic rings. The second-order valence-electron chi connectivity index (χ2n) is 11.3. The molecule has 2 heterocycles. The molecule has 2 atom stereocenters. The van der Waals surface area contributed by atoms with Gasteiger partial charge in [-0.05, 0) is 72.9 Å². The van der Waals surface area contributed by atoms with E-state index >= 15 is 4.39 Å². The van der Waals surface area contributed by atoms with Crippen molar-refractivity contribution in [2.75, 3.05) is 6.54 Å².